The lowest BCUT2D eigenvalue weighted by Crippen LogP contribution is -2.64. The molecule has 8 unspecified atom stereocenters. The van der Waals surface area contributed by atoms with Crippen molar-refractivity contribution in [2.75, 3.05) is 6.61 Å². The van der Waals surface area contributed by atoms with Crippen molar-refractivity contribution >= 4 is 13.7 Å². The summed E-state index contributed by atoms with van der Waals surface area (Å²) in [5.41, 5.74) is 0. The maximum Gasteiger partial charge on any atom is 0.472 e. The van der Waals surface area contributed by atoms with Crippen LogP contribution in [0, 0.1) is 0 Å². The zero-order chi connectivity index (χ0) is 43.0. The van der Waals surface area contributed by atoms with Gasteiger partial charge in [0, 0.05) is 0 Å². The Morgan fingerprint density at radius 3 is 1.55 bits per heavy atom. The second-order valence-electron chi connectivity index (χ2n) is 16.1. The van der Waals surface area contributed by atoms with Gasteiger partial charge >= 0.3 is 7.82 Å². The van der Waals surface area contributed by atoms with Gasteiger partial charge in [-0.3, -0.25) is 13.8 Å². The maximum absolute atomic E-state index is 12.9. The summed E-state index contributed by atoms with van der Waals surface area (Å²) >= 11 is 0. The molecule has 0 aromatic rings. The molecule has 0 radical (unpaired) electrons. The molecule has 1 aliphatic rings. The summed E-state index contributed by atoms with van der Waals surface area (Å²) in [5, 5.41) is 74.0. The number of phosphoric acid groups is 1. The van der Waals surface area contributed by atoms with Crippen LogP contribution in [0.3, 0.4) is 0 Å². The Morgan fingerprint density at radius 2 is 1.05 bits per heavy atom. The molecule has 1 saturated carbocycles. The van der Waals surface area contributed by atoms with Crippen molar-refractivity contribution in [2.45, 2.75) is 229 Å². The number of aliphatic hydroxyl groups is 7. The Morgan fingerprint density at radius 1 is 0.621 bits per heavy atom. The van der Waals surface area contributed by atoms with E-state index in [9.17, 15) is 50.0 Å². The molecule has 0 bridgehead atoms. The van der Waals surface area contributed by atoms with E-state index < -0.39 is 75.2 Å². The van der Waals surface area contributed by atoms with Crippen LogP contribution in [0.2, 0.25) is 0 Å². The molecule has 14 heteroatoms. The average molecular weight is 848 g/mol. The van der Waals surface area contributed by atoms with Gasteiger partial charge < -0.3 is 46.0 Å². The molecule has 0 spiro atoms. The lowest BCUT2D eigenvalue weighted by molar-refractivity contribution is -0.220. The van der Waals surface area contributed by atoms with Crippen LogP contribution in [0.5, 0.6) is 0 Å². The second-order valence-corrected chi connectivity index (χ2v) is 17.5. The molecule has 0 aromatic heterocycles. The molecular formula is C44H82NO12P. The molecular weight excluding hydrogens is 765 g/mol. The lowest BCUT2D eigenvalue weighted by Gasteiger charge is -2.41. The van der Waals surface area contributed by atoms with E-state index in [1.54, 1.807) is 6.08 Å². The first-order valence-electron chi connectivity index (χ1n) is 22.5. The van der Waals surface area contributed by atoms with Gasteiger partial charge in [0.2, 0.25) is 5.91 Å². The van der Waals surface area contributed by atoms with Gasteiger partial charge in [-0.2, -0.15) is 0 Å². The molecule has 0 aromatic carbocycles. The van der Waals surface area contributed by atoms with E-state index in [0.29, 0.717) is 12.8 Å². The molecule has 9 N–H and O–H groups in total. The Kier molecular flexibility index (Phi) is 32.1. The van der Waals surface area contributed by atoms with Crippen LogP contribution in [-0.4, -0.2) is 108 Å². The van der Waals surface area contributed by atoms with Gasteiger partial charge in [-0.25, -0.2) is 4.57 Å². The minimum Gasteiger partial charge on any atom is -0.393 e. The third-order valence-corrected chi connectivity index (χ3v) is 11.7. The van der Waals surface area contributed by atoms with Crippen molar-refractivity contribution in [2.24, 2.45) is 0 Å². The summed E-state index contributed by atoms with van der Waals surface area (Å²) in [7, 11) is -5.13. The number of carbonyl (C=O) groups is 1. The monoisotopic (exact) mass is 848 g/mol. The van der Waals surface area contributed by atoms with Gasteiger partial charge in [-0.1, -0.05) is 153 Å². The van der Waals surface area contributed by atoms with Crippen LogP contribution in [-0.2, 0) is 18.4 Å². The number of rotatable bonds is 36. The summed E-state index contributed by atoms with van der Waals surface area (Å²) in [6, 6.07) is -1.24. The first kappa shape index (κ1) is 54.5. The highest BCUT2D eigenvalue weighted by atomic mass is 31.2. The van der Waals surface area contributed by atoms with Crippen molar-refractivity contribution in [3.63, 3.8) is 0 Å². The van der Waals surface area contributed by atoms with Crippen molar-refractivity contribution < 1.29 is 59.0 Å². The number of hydrogen-bond acceptors (Lipinski definition) is 11. The fourth-order valence-corrected chi connectivity index (χ4v) is 7.94. The van der Waals surface area contributed by atoms with Gasteiger partial charge in [0.25, 0.3) is 0 Å². The van der Waals surface area contributed by atoms with E-state index >= 15 is 0 Å². The molecule has 58 heavy (non-hydrogen) atoms. The van der Waals surface area contributed by atoms with Gasteiger partial charge in [0.1, 0.15) is 36.6 Å². The Hall–Kier alpha value is -1.48. The van der Waals surface area contributed by atoms with Crippen LogP contribution in [0.25, 0.3) is 0 Å². The van der Waals surface area contributed by atoms with Crippen molar-refractivity contribution in [1.29, 1.82) is 0 Å². The van der Waals surface area contributed by atoms with E-state index in [4.69, 9.17) is 9.05 Å². The topological polar surface area (TPSA) is 226 Å². The van der Waals surface area contributed by atoms with Crippen LogP contribution in [0.1, 0.15) is 174 Å². The predicted molar refractivity (Wildman–Crippen MR) is 229 cm³/mol. The van der Waals surface area contributed by atoms with E-state index in [1.807, 2.05) is 0 Å². The van der Waals surface area contributed by atoms with Crippen molar-refractivity contribution in [1.82, 2.24) is 5.32 Å². The maximum atomic E-state index is 12.9. The largest absolute Gasteiger partial charge is 0.472 e. The average Bonchev–Trinajstić information content (AvgIpc) is 3.19. The number of amides is 1. The third-order valence-electron chi connectivity index (χ3n) is 10.7. The van der Waals surface area contributed by atoms with Crippen molar-refractivity contribution in [3.05, 3.63) is 36.5 Å². The highest BCUT2D eigenvalue weighted by Gasteiger charge is 2.51. The second kappa shape index (κ2) is 34.1. The molecule has 1 rings (SSSR count). The van der Waals surface area contributed by atoms with Crippen LogP contribution < -0.4 is 5.32 Å². The van der Waals surface area contributed by atoms with E-state index in [2.05, 4.69) is 43.5 Å². The first-order chi connectivity index (χ1) is 27.8. The number of unbranched alkanes of at least 4 members (excludes halogenated alkanes) is 19. The molecule has 0 heterocycles. The van der Waals surface area contributed by atoms with Gasteiger partial charge in [-0.05, 0) is 51.4 Å². The number of allylic oxidation sites excluding steroid dienone is 5. The minimum atomic E-state index is -5.13. The van der Waals surface area contributed by atoms with E-state index in [1.165, 1.54) is 70.3 Å². The Labute approximate surface area is 349 Å². The fourth-order valence-electron chi connectivity index (χ4n) is 6.98. The number of hydrogen-bond donors (Lipinski definition) is 9. The summed E-state index contributed by atoms with van der Waals surface area (Å²) in [5.74, 6) is -0.606. The van der Waals surface area contributed by atoms with Crippen LogP contribution in [0.15, 0.2) is 36.5 Å². The predicted octanol–water partition coefficient (Wildman–Crippen LogP) is 6.97. The Balaban J connectivity index is 2.42. The van der Waals surface area contributed by atoms with Gasteiger partial charge in [0.05, 0.1) is 31.3 Å². The SMILES string of the molecule is CCCCCCC/C=C/C(O)C(COP(=O)(O)OC1C(O)C(O)C(O)C(O)C1O)NC(=O)CC(O)CCCCCCC/C=C\C/C=C\CCCCCCCCCCC. The standard InChI is InChI=1S/C44H82NO12P/c1-3-5-7-9-11-12-13-14-15-16-17-18-19-20-21-22-23-24-26-27-29-31-35(46)33-38(48)45-36(37(47)32-30-28-25-10-8-6-4-2)34-56-58(54,55)57-44-42(52)40(50)39(49)41(51)43(44)53/h17-18,20-21,30,32,35-37,39-44,46-47,49-53H,3-16,19,22-29,31,33-34H2,1-2H3,(H,45,48)(H,54,55)/b18-17-,21-20-,32-30+. The third kappa shape index (κ3) is 26.0. The molecule has 0 aliphatic heterocycles. The van der Waals surface area contributed by atoms with Gasteiger partial charge in [0.15, 0.2) is 0 Å². The number of phosphoric ester groups is 1. The molecule has 1 aliphatic carbocycles. The summed E-state index contributed by atoms with van der Waals surface area (Å²) < 4.78 is 22.7. The molecule has 0 saturated heterocycles. The number of nitrogens with one attached hydrogen (secondary N) is 1. The first-order valence-corrected chi connectivity index (χ1v) is 24.0. The summed E-state index contributed by atoms with van der Waals surface area (Å²) in [6.45, 7) is 3.64. The highest BCUT2D eigenvalue weighted by Crippen LogP contribution is 2.47. The number of carbonyl (C=O) groups excluding carboxylic acids is 1. The smallest absolute Gasteiger partial charge is 0.393 e. The Bertz CT molecular complexity index is 1140. The molecule has 340 valence electrons. The molecule has 1 fully saturated rings. The summed E-state index contributed by atoms with van der Waals surface area (Å²) in [4.78, 5) is 23.3. The molecule has 8 atom stereocenters. The van der Waals surface area contributed by atoms with E-state index in [-0.39, 0.29) is 6.42 Å². The summed E-state index contributed by atoms with van der Waals surface area (Å²) in [6.07, 6.45) is 24.3. The van der Waals surface area contributed by atoms with Crippen molar-refractivity contribution in [3.8, 4) is 0 Å². The molecule has 13 nitrogen and oxygen atoms in total. The zero-order valence-corrected chi connectivity index (χ0v) is 36.6. The normalized spacial score (nSPS) is 24.1. The lowest BCUT2D eigenvalue weighted by atomic mass is 9.85. The minimum absolute atomic E-state index is 0.255. The highest BCUT2D eigenvalue weighted by molar-refractivity contribution is 7.47. The molecule has 1 amide bonds. The number of aliphatic hydroxyl groups excluding tert-OH is 7. The van der Waals surface area contributed by atoms with Crippen LogP contribution >= 0.6 is 7.82 Å². The van der Waals surface area contributed by atoms with Gasteiger partial charge in [-0.15, -0.1) is 0 Å². The quantitative estimate of drug-likeness (QED) is 0.0177. The zero-order valence-electron chi connectivity index (χ0n) is 35.7. The van der Waals surface area contributed by atoms with E-state index in [0.717, 1.165) is 77.0 Å². The fraction of sp³-hybridized carbons (Fsp3) is 0.841. The van der Waals surface area contributed by atoms with Crippen LogP contribution in [0.4, 0.5) is 0 Å².